The van der Waals surface area contributed by atoms with Crippen LogP contribution in [0.2, 0.25) is 0 Å². The number of imidazole rings is 1. The number of anilines is 1. The Balaban J connectivity index is 0.0000220. The van der Waals surface area contributed by atoms with Crippen molar-refractivity contribution in [3.63, 3.8) is 0 Å². The van der Waals surface area contributed by atoms with Gasteiger partial charge in [0.15, 0.2) is 5.95 Å². The van der Waals surface area contributed by atoms with Crippen LogP contribution in [0.3, 0.4) is 0 Å². The number of carboxylic acid groups (broad SMARTS) is 6. The monoisotopic (exact) mass is 1610 g/mol. The molecule has 14 N–H and O–H groups in total. The van der Waals surface area contributed by atoms with Gasteiger partial charge in [0.2, 0.25) is 39.1 Å². The fourth-order valence-corrected chi connectivity index (χ4v) is 12.7. The first-order valence-electron chi connectivity index (χ1n) is 32.6. The molecule has 1 aliphatic heterocycles. The number of carbonyl (C=O) groups excluding carboxylic acids is 6. The van der Waals surface area contributed by atoms with Crippen LogP contribution in [0.15, 0.2) is 58.6 Å². The number of aryl methyl sites for hydroxylation is 4. The third kappa shape index (κ3) is 30.6. The molecular formula is C64H90LuN14O22S. The van der Waals surface area contributed by atoms with Crippen molar-refractivity contribution in [3.8, 4) is 0 Å². The molecule has 0 unspecified atom stereocenters. The van der Waals surface area contributed by atoms with Crippen molar-refractivity contribution in [2.75, 3.05) is 117 Å². The van der Waals surface area contributed by atoms with Gasteiger partial charge >= 0.3 is 35.8 Å². The van der Waals surface area contributed by atoms with E-state index in [1.54, 1.807) is 73.0 Å². The summed E-state index contributed by atoms with van der Waals surface area (Å²) in [6.45, 7) is 4.00. The summed E-state index contributed by atoms with van der Waals surface area (Å²) in [5, 5.41) is 73.2. The van der Waals surface area contributed by atoms with Crippen molar-refractivity contribution in [1.29, 1.82) is 0 Å². The second kappa shape index (κ2) is 43.4. The van der Waals surface area contributed by atoms with Gasteiger partial charge in [-0.15, -0.1) is 0 Å². The maximum Gasteiger partial charge on any atom is 0.323 e. The number of aromatic amines is 1. The van der Waals surface area contributed by atoms with Crippen LogP contribution in [0.4, 0.5) is 5.95 Å². The van der Waals surface area contributed by atoms with Gasteiger partial charge in [-0.25, -0.2) is 13.4 Å². The predicted octanol–water partition coefficient (Wildman–Crippen LogP) is -1.63. The SMILES string of the molecule is Cc1cc(C)c(S(=O)(=O)N[C@@H](CNC(=O)c2cn(CCCCC(=O)CCC(=O)NCCCOCCCNC(=O)[C@@H](CC(=O)O)NC(=O)[C@@H](CC(=O)O)NC(=O)CN3CCN(CC(=O)O)CCN(CC(=O)O)CCN(CC(=O)O)CC3)c3cc(CNc4ncc[nH]4)ccc3c2=O)C(=O)O)c(C)c1.[Lu]. The number of fused-ring (bicyclic) bond motifs is 1. The molecule has 38 heteroatoms. The summed E-state index contributed by atoms with van der Waals surface area (Å²) < 4.78 is 36.3. The molecule has 0 bridgehead atoms. The van der Waals surface area contributed by atoms with Crippen LogP contribution in [0.25, 0.3) is 10.9 Å². The molecule has 102 heavy (non-hydrogen) atoms. The number of Topliss-reactive ketones (excluding diaryl/α,β-unsaturated/α-hetero) is 1. The number of sulfonamides is 1. The molecule has 4 aromatic rings. The number of carbonyl (C=O) groups is 12. The van der Waals surface area contributed by atoms with Gasteiger partial charge in [-0.3, -0.25) is 81.9 Å². The quantitative estimate of drug-likeness (QED) is 0.0221. The molecule has 36 nitrogen and oxygen atoms in total. The molecule has 1 fully saturated rings. The Morgan fingerprint density at radius 3 is 1.67 bits per heavy atom. The number of nitrogens with zero attached hydrogens (tertiary/aromatic N) is 6. The van der Waals surface area contributed by atoms with Gasteiger partial charge in [-0.1, -0.05) is 23.8 Å². The molecule has 3 atom stereocenters. The Kier molecular flexibility index (Phi) is 36.5. The van der Waals surface area contributed by atoms with E-state index in [9.17, 15) is 101 Å². The fraction of sp³-hybridized carbons (Fsp3) is 0.531. The number of nitrogens with one attached hydrogen (secondary N) is 8. The molecule has 3 heterocycles. The molecular weight excluding hydrogens is 1520 g/mol. The standard InChI is InChI=1S/C64H90N14O22S.Lu/c1-40-28-41(2)59(42(3)29-40)101(98,99)73-49(63(96)97)34-69-60(93)46-35-78(50-30-43(9-11-45(50)58(46)92)33-70-64-67-15-16-68-64)17-5-4-8-44(79)10-12-51(80)65-13-6-26-100-27-7-14-66-61(94)47(31-53(82)83)72-62(95)48(32-54(84)85)71-52(81)36-74-18-20-75(37-55(86)87)22-24-77(39-57(90)91)25-23-76(21-19-74)38-56(88)89;/h9,11,15-16,28-30,35,47-49,73H,4-8,10,12-14,17-27,31-34,36-39H2,1-3H3,(H,65,80)(H,66,94)(H,69,93)(H,71,81)(H,72,95)(H,82,83)(H,84,85)(H,86,87)(H,88,89)(H,90,91)(H,96,97)(H2,67,68,70);/t47-,48-,49+;/m1./s1. The number of benzene rings is 2. The summed E-state index contributed by atoms with van der Waals surface area (Å²) in [6, 6.07) is 2.94. The number of rotatable bonds is 42. The summed E-state index contributed by atoms with van der Waals surface area (Å²) in [4.78, 5) is 178. The van der Waals surface area contributed by atoms with Crippen molar-refractivity contribution in [1.82, 2.24) is 65.4 Å². The van der Waals surface area contributed by atoms with Crippen LogP contribution in [0.1, 0.15) is 90.4 Å². The molecule has 5 rings (SSSR count). The molecule has 569 valence electrons. The van der Waals surface area contributed by atoms with E-state index in [0.717, 1.165) is 11.1 Å². The molecule has 1 saturated heterocycles. The smallest absolute Gasteiger partial charge is 0.323 e. The van der Waals surface area contributed by atoms with Gasteiger partial charge in [0.25, 0.3) is 5.91 Å². The average molecular weight is 1610 g/mol. The number of aliphatic carboxylic acids is 6. The molecule has 0 spiro atoms. The minimum Gasteiger partial charge on any atom is -0.481 e. The summed E-state index contributed by atoms with van der Waals surface area (Å²) >= 11 is 0. The van der Waals surface area contributed by atoms with Crippen LogP contribution < -0.4 is 42.1 Å². The Labute approximate surface area is 616 Å². The van der Waals surface area contributed by atoms with Gasteiger partial charge in [0.1, 0.15) is 29.5 Å². The summed E-state index contributed by atoms with van der Waals surface area (Å²) in [7, 11) is -4.38. The normalized spacial score (nSPS) is 14.5. The third-order valence-corrected chi connectivity index (χ3v) is 17.8. The van der Waals surface area contributed by atoms with E-state index in [4.69, 9.17) is 4.74 Å². The summed E-state index contributed by atoms with van der Waals surface area (Å²) in [5.41, 5.74) is 1.79. The number of H-pyrrole nitrogens is 1. The van der Waals surface area contributed by atoms with Crippen LogP contribution in [-0.2, 0) is 80.6 Å². The Hall–Kier alpha value is -8.56. The minimum atomic E-state index is -4.38. The molecule has 0 aliphatic carbocycles. The summed E-state index contributed by atoms with van der Waals surface area (Å²) in [6.07, 6.45) is 3.88. The summed E-state index contributed by atoms with van der Waals surface area (Å²) in [5.74, 6) is -12.2. The fourth-order valence-electron chi connectivity index (χ4n) is 11.1. The first-order valence-corrected chi connectivity index (χ1v) is 34.1. The van der Waals surface area contributed by atoms with Crippen molar-refractivity contribution in [2.45, 2.75) is 115 Å². The maximum absolute atomic E-state index is 13.9. The van der Waals surface area contributed by atoms with Crippen LogP contribution in [0, 0.1) is 57.6 Å². The van der Waals surface area contributed by atoms with E-state index < -0.39 is 132 Å². The van der Waals surface area contributed by atoms with E-state index >= 15 is 0 Å². The first kappa shape index (κ1) is 85.9. The number of pyridine rings is 1. The van der Waals surface area contributed by atoms with Crippen molar-refractivity contribution in [3.05, 3.63) is 87.0 Å². The molecule has 0 saturated carbocycles. The second-order valence-corrected chi connectivity index (χ2v) is 25.9. The number of carboxylic acids is 6. The predicted molar refractivity (Wildman–Crippen MR) is 360 cm³/mol. The van der Waals surface area contributed by atoms with E-state index in [2.05, 4.69) is 46.6 Å². The number of amides is 5. The van der Waals surface area contributed by atoms with Crippen molar-refractivity contribution >= 4 is 98.0 Å². The Morgan fingerprint density at radius 1 is 0.608 bits per heavy atom. The maximum atomic E-state index is 13.9. The molecule has 1 radical (unpaired) electrons. The first-order chi connectivity index (χ1) is 47.9. The van der Waals surface area contributed by atoms with Gasteiger partial charge in [0, 0.05) is 178 Å². The molecule has 5 amide bonds. The number of unbranched alkanes of at least 4 members (excludes halogenated alkanes) is 1. The number of ketones is 1. The number of hydrogen-bond donors (Lipinski definition) is 14. The average Bonchev–Trinajstić information content (AvgIpc) is 0.867. The minimum absolute atomic E-state index is 0. The Morgan fingerprint density at radius 2 is 1.15 bits per heavy atom. The largest absolute Gasteiger partial charge is 0.481 e. The zero-order valence-electron chi connectivity index (χ0n) is 56.7. The Bertz CT molecular complexity index is 3710. The zero-order chi connectivity index (χ0) is 74.3. The number of aromatic nitrogens is 3. The topological polar surface area (TPSA) is 517 Å². The van der Waals surface area contributed by atoms with Gasteiger partial charge < -0.3 is 76.8 Å². The van der Waals surface area contributed by atoms with E-state index in [-0.39, 0.29) is 182 Å². The van der Waals surface area contributed by atoms with Gasteiger partial charge in [-0.2, -0.15) is 4.72 Å². The van der Waals surface area contributed by atoms with Crippen LogP contribution in [-0.4, -0.2) is 274 Å². The van der Waals surface area contributed by atoms with Crippen molar-refractivity contribution < 1.29 is 138 Å². The van der Waals surface area contributed by atoms with Crippen LogP contribution in [0.5, 0.6) is 0 Å². The zero-order valence-corrected chi connectivity index (χ0v) is 59.2. The van der Waals surface area contributed by atoms with Gasteiger partial charge in [0.05, 0.1) is 49.4 Å². The molecule has 1 aliphatic rings. The van der Waals surface area contributed by atoms with E-state index in [0.29, 0.717) is 48.4 Å². The van der Waals surface area contributed by atoms with Crippen LogP contribution >= 0.6 is 0 Å². The molecule has 2 aromatic heterocycles. The van der Waals surface area contributed by atoms with Gasteiger partial charge in [-0.05, 0) is 75.3 Å². The number of hydrogen-bond acceptors (Lipinski definition) is 22. The number of ether oxygens (including phenoxy) is 1. The van der Waals surface area contributed by atoms with E-state index in [1.165, 1.54) is 20.9 Å². The van der Waals surface area contributed by atoms with E-state index in [1.807, 2.05) is 0 Å². The molecule has 2 aromatic carbocycles. The second-order valence-electron chi connectivity index (χ2n) is 24.3. The van der Waals surface area contributed by atoms with Crippen molar-refractivity contribution in [2.24, 2.45) is 0 Å². The third-order valence-electron chi connectivity index (χ3n) is 16.0.